The summed E-state index contributed by atoms with van der Waals surface area (Å²) in [6, 6.07) is 6.24. The summed E-state index contributed by atoms with van der Waals surface area (Å²) in [6.07, 6.45) is 0. The Morgan fingerprint density at radius 2 is 2.04 bits per heavy atom. The number of morpholine rings is 1. The van der Waals surface area contributed by atoms with E-state index in [0.29, 0.717) is 6.54 Å². The Bertz CT molecular complexity index is 519. The second-order valence-electron chi connectivity index (χ2n) is 5.61. The highest BCUT2D eigenvalue weighted by molar-refractivity contribution is 14.0. The van der Waals surface area contributed by atoms with Crippen LogP contribution in [0, 0.1) is 6.92 Å². The third-order valence-electron chi connectivity index (χ3n) is 3.98. The van der Waals surface area contributed by atoms with Crippen LogP contribution >= 0.6 is 24.0 Å². The first-order chi connectivity index (χ1) is 11.2. The molecule has 1 aliphatic heterocycles. The van der Waals surface area contributed by atoms with Crippen LogP contribution in [0.1, 0.15) is 11.1 Å². The molecule has 2 N–H and O–H groups in total. The third-order valence-corrected chi connectivity index (χ3v) is 3.98. The Labute approximate surface area is 162 Å². The molecule has 0 spiro atoms. The van der Waals surface area contributed by atoms with E-state index in [9.17, 15) is 0 Å². The topological polar surface area (TPSA) is 58.1 Å². The van der Waals surface area contributed by atoms with Gasteiger partial charge < -0.3 is 20.1 Å². The largest absolute Gasteiger partial charge is 0.496 e. The van der Waals surface area contributed by atoms with E-state index in [0.717, 1.165) is 56.7 Å². The van der Waals surface area contributed by atoms with Crippen LogP contribution in [0.15, 0.2) is 23.2 Å². The van der Waals surface area contributed by atoms with Gasteiger partial charge in [0.2, 0.25) is 0 Å². The number of guanidine groups is 1. The molecule has 2 rings (SSSR count). The number of rotatable bonds is 6. The summed E-state index contributed by atoms with van der Waals surface area (Å²) in [4.78, 5) is 6.66. The standard InChI is InChI=1S/C17H28N4O2.HI/c1-14-4-5-15(12-16(14)22-3)13-20-17(18-2)19-6-7-21-8-10-23-11-9-21;/h4-5,12H,6-11,13H2,1-3H3,(H2,18,19,20);1H. The summed E-state index contributed by atoms with van der Waals surface area (Å²) in [6.45, 7) is 8.33. The highest BCUT2D eigenvalue weighted by Gasteiger charge is 2.09. The molecule has 1 aromatic carbocycles. The lowest BCUT2D eigenvalue weighted by atomic mass is 10.1. The average molecular weight is 448 g/mol. The van der Waals surface area contributed by atoms with E-state index in [4.69, 9.17) is 9.47 Å². The van der Waals surface area contributed by atoms with Crippen LogP contribution in [-0.2, 0) is 11.3 Å². The number of ether oxygens (including phenoxy) is 2. The van der Waals surface area contributed by atoms with Crippen LogP contribution < -0.4 is 15.4 Å². The molecule has 0 unspecified atom stereocenters. The fourth-order valence-corrected chi connectivity index (χ4v) is 2.54. The molecular weight excluding hydrogens is 419 g/mol. The second-order valence-corrected chi connectivity index (χ2v) is 5.61. The zero-order chi connectivity index (χ0) is 16.5. The maximum atomic E-state index is 5.36. The van der Waals surface area contributed by atoms with Crippen molar-refractivity contribution in [3.8, 4) is 5.75 Å². The molecule has 1 heterocycles. The molecule has 136 valence electrons. The number of nitrogens with zero attached hydrogens (tertiary/aromatic N) is 2. The minimum absolute atomic E-state index is 0. The van der Waals surface area contributed by atoms with Gasteiger partial charge in [0.1, 0.15) is 5.75 Å². The van der Waals surface area contributed by atoms with Gasteiger partial charge in [-0.1, -0.05) is 12.1 Å². The lowest BCUT2D eigenvalue weighted by Crippen LogP contribution is -2.44. The van der Waals surface area contributed by atoms with Crippen molar-refractivity contribution in [1.82, 2.24) is 15.5 Å². The smallest absolute Gasteiger partial charge is 0.191 e. The number of aliphatic imine (C=N–C) groups is 1. The molecule has 1 aliphatic rings. The molecule has 0 amide bonds. The van der Waals surface area contributed by atoms with Crippen LogP contribution in [0.2, 0.25) is 0 Å². The molecule has 0 atom stereocenters. The van der Waals surface area contributed by atoms with Crippen molar-refractivity contribution in [2.45, 2.75) is 13.5 Å². The van der Waals surface area contributed by atoms with Gasteiger partial charge >= 0.3 is 0 Å². The maximum absolute atomic E-state index is 5.36. The van der Waals surface area contributed by atoms with E-state index in [2.05, 4.69) is 38.7 Å². The predicted molar refractivity (Wildman–Crippen MR) is 109 cm³/mol. The quantitative estimate of drug-likeness (QED) is 0.394. The highest BCUT2D eigenvalue weighted by Crippen LogP contribution is 2.18. The molecule has 1 aromatic rings. The normalized spacial score (nSPS) is 15.5. The van der Waals surface area contributed by atoms with Gasteiger partial charge in [-0.2, -0.15) is 0 Å². The van der Waals surface area contributed by atoms with Crippen LogP contribution in [0.5, 0.6) is 5.75 Å². The average Bonchev–Trinajstić information content (AvgIpc) is 2.60. The number of benzene rings is 1. The Balaban J connectivity index is 0.00000288. The van der Waals surface area contributed by atoms with E-state index in [-0.39, 0.29) is 24.0 Å². The van der Waals surface area contributed by atoms with Crippen LogP contribution in [0.3, 0.4) is 0 Å². The molecule has 6 nitrogen and oxygen atoms in total. The Hall–Kier alpha value is -1.06. The van der Waals surface area contributed by atoms with Gasteiger partial charge in [-0.3, -0.25) is 9.89 Å². The van der Waals surface area contributed by atoms with Crippen molar-refractivity contribution >= 4 is 29.9 Å². The lowest BCUT2D eigenvalue weighted by molar-refractivity contribution is 0.0389. The van der Waals surface area contributed by atoms with E-state index in [1.807, 2.05) is 6.92 Å². The van der Waals surface area contributed by atoms with Crippen molar-refractivity contribution < 1.29 is 9.47 Å². The zero-order valence-corrected chi connectivity index (χ0v) is 17.1. The van der Waals surface area contributed by atoms with E-state index >= 15 is 0 Å². The molecular formula is C17H29IN4O2. The molecule has 1 saturated heterocycles. The van der Waals surface area contributed by atoms with E-state index < -0.39 is 0 Å². The van der Waals surface area contributed by atoms with Gasteiger partial charge in [0.15, 0.2) is 5.96 Å². The Morgan fingerprint density at radius 3 is 2.71 bits per heavy atom. The van der Waals surface area contributed by atoms with Crippen molar-refractivity contribution in [2.24, 2.45) is 4.99 Å². The molecule has 0 bridgehead atoms. The second kappa shape index (κ2) is 11.5. The van der Waals surface area contributed by atoms with Gasteiger partial charge in [-0.15, -0.1) is 24.0 Å². The molecule has 0 aliphatic carbocycles. The van der Waals surface area contributed by atoms with Crippen molar-refractivity contribution in [3.63, 3.8) is 0 Å². The molecule has 0 radical (unpaired) electrons. The zero-order valence-electron chi connectivity index (χ0n) is 14.8. The summed E-state index contributed by atoms with van der Waals surface area (Å²) in [5.74, 6) is 1.73. The number of hydrogen-bond acceptors (Lipinski definition) is 4. The third kappa shape index (κ3) is 6.82. The van der Waals surface area contributed by atoms with Gasteiger partial charge in [-0.05, 0) is 24.1 Å². The number of hydrogen-bond donors (Lipinski definition) is 2. The monoisotopic (exact) mass is 448 g/mol. The summed E-state index contributed by atoms with van der Waals surface area (Å²) in [5.41, 5.74) is 2.31. The van der Waals surface area contributed by atoms with Crippen molar-refractivity contribution in [3.05, 3.63) is 29.3 Å². The summed E-state index contributed by atoms with van der Waals surface area (Å²) < 4.78 is 10.7. The first-order valence-corrected chi connectivity index (χ1v) is 8.11. The lowest BCUT2D eigenvalue weighted by Gasteiger charge is -2.26. The maximum Gasteiger partial charge on any atom is 0.191 e. The highest BCUT2D eigenvalue weighted by atomic mass is 127. The van der Waals surface area contributed by atoms with E-state index in [1.54, 1.807) is 14.2 Å². The Morgan fingerprint density at radius 1 is 1.29 bits per heavy atom. The van der Waals surface area contributed by atoms with Crippen LogP contribution in [0.4, 0.5) is 0 Å². The van der Waals surface area contributed by atoms with Crippen molar-refractivity contribution in [2.75, 3.05) is 53.6 Å². The molecule has 7 heteroatoms. The SMILES string of the molecule is CN=C(NCCN1CCOCC1)NCc1ccc(C)c(OC)c1.I. The first kappa shape index (κ1) is 21.0. The molecule has 0 aromatic heterocycles. The number of methoxy groups -OCH3 is 1. The molecule has 0 saturated carbocycles. The minimum atomic E-state index is 0. The molecule has 1 fully saturated rings. The summed E-state index contributed by atoms with van der Waals surface area (Å²) >= 11 is 0. The first-order valence-electron chi connectivity index (χ1n) is 8.11. The Kier molecular flexibility index (Phi) is 10.0. The summed E-state index contributed by atoms with van der Waals surface area (Å²) in [7, 11) is 3.49. The number of nitrogens with one attached hydrogen (secondary N) is 2. The predicted octanol–water partition coefficient (Wildman–Crippen LogP) is 1.62. The van der Waals surface area contributed by atoms with Gasteiger partial charge in [0, 0.05) is 39.8 Å². The number of halogens is 1. The van der Waals surface area contributed by atoms with Crippen LogP contribution in [-0.4, -0.2) is 64.4 Å². The molecule has 24 heavy (non-hydrogen) atoms. The number of aryl methyl sites for hydroxylation is 1. The van der Waals surface area contributed by atoms with Gasteiger partial charge in [-0.25, -0.2) is 0 Å². The van der Waals surface area contributed by atoms with E-state index in [1.165, 1.54) is 5.56 Å². The van der Waals surface area contributed by atoms with Gasteiger partial charge in [0.05, 0.1) is 20.3 Å². The minimum Gasteiger partial charge on any atom is -0.496 e. The van der Waals surface area contributed by atoms with Crippen LogP contribution in [0.25, 0.3) is 0 Å². The fourth-order valence-electron chi connectivity index (χ4n) is 2.54. The summed E-state index contributed by atoms with van der Waals surface area (Å²) in [5, 5.41) is 6.69. The van der Waals surface area contributed by atoms with Crippen molar-refractivity contribution in [1.29, 1.82) is 0 Å². The fraction of sp³-hybridized carbons (Fsp3) is 0.588. The van der Waals surface area contributed by atoms with Gasteiger partial charge in [0.25, 0.3) is 0 Å².